The topological polar surface area (TPSA) is 9.23 Å². The molecule has 0 bridgehead atoms. The number of benzene rings is 1. The summed E-state index contributed by atoms with van der Waals surface area (Å²) in [6.07, 6.45) is 19.6. The lowest BCUT2D eigenvalue weighted by Gasteiger charge is -2.31. The fourth-order valence-corrected chi connectivity index (χ4v) is 7.93. The van der Waals surface area contributed by atoms with Gasteiger partial charge < -0.3 is 4.43 Å². The van der Waals surface area contributed by atoms with Crippen LogP contribution in [0.4, 0.5) is 0 Å². The summed E-state index contributed by atoms with van der Waals surface area (Å²) in [5, 5.41) is 0. The van der Waals surface area contributed by atoms with E-state index in [4.69, 9.17) is 4.43 Å². The summed E-state index contributed by atoms with van der Waals surface area (Å²) in [7, 11) is -1.66. The molecule has 0 aromatic heterocycles. The first-order chi connectivity index (χ1) is 13.8. The van der Waals surface area contributed by atoms with Gasteiger partial charge in [0.25, 0.3) is 8.32 Å². The van der Waals surface area contributed by atoms with Crippen LogP contribution in [0.25, 0.3) is 0 Å². The first-order valence-corrected chi connectivity index (χ1v) is 15.0. The van der Waals surface area contributed by atoms with Crippen molar-refractivity contribution in [3.05, 3.63) is 30.3 Å². The molecule has 0 saturated heterocycles. The number of rotatable bonds is 19. The van der Waals surface area contributed by atoms with Crippen molar-refractivity contribution in [2.45, 2.75) is 129 Å². The number of para-hydroxylation sites is 1. The molecular formula is C26H48OSi. The summed E-state index contributed by atoms with van der Waals surface area (Å²) in [6.45, 7) is 6.98. The molecule has 162 valence electrons. The minimum Gasteiger partial charge on any atom is -0.543 e. The average molecular weight is 405 g/mol. The number of unbranched alkanes of at least 4 members (excludes halogenated alkanes) is 12. The van der Waals surface area contributed by atoms with Crippen LogP contribution in [0.15, 0.2) is 30.3 Å². The Labute approximate surface area is 177 Å². The maximum atomic E-state index is 6.78. The van der Waals surface area contributed by atoms with Crippen LogP contribution in [0.3, 0.4) is 0 Å². The Kier molecular flexibility index (Phi) is 15.5. The Bertz CT molecular complexity index is 447. The van der Waals surface area contributed by atoms with Crippen molar-refractivity contribution in [2.24, 2.45) is 0 Å². The molecule has 1 atom stereocenters. The highest BCUT2D eigenvalue weighted by Crippen LogP contribution is 2.30. The molecule has 0 aliphatic carbocycles. The van der Waals surface area contributed by atoms with Crippen LogP contribution >= 0.6 is 0 Å². The van der Waals surface area contributed by atoms with Crippen molar-refractivity contribution in [3.63, 3.8) is 0 Å². The van der Waals surface area contributed by atoms with Crippen molar-refractivity contribution in [2.75, 3.05) is 0 Å². The highest BCUT2D eigenvalue weighted by molar-refractivity contribution is 6.74. The van der Waals surface area contributed by atoms with Crippen LogP contribution in [-0.2, 0) is 0 Å². The normalized spacial score (nSPS) is 13.4. The van der Waals surface area contributed by atoms with Gasteiger partial charge in [-0.1, -0.05) is 129 Å². The molecule has 0 saturated carbocycles. The van der Waals surface area contributed by atoms with Gasteiger partial charge >= 0.3 is 0 Å². The molecule has 0 aliphatic heterocycles. The summed E-state index contributed by atoms with van der Waals surface area (Å²) in [6, 6.07) is 14.6. The Balaban J connectivity index is 2.44. The lowest BCUT2D eigenvalue weighted by atomic mass is 10.1. The van der Waals surface area contributed by atoms with Gasteiger partial charge in [-0.3, -0.25) is 0 Å². The number of hydrogen-bond acceptors (Lipinski definition) is 1. The van der Waals surface area contributed by atoms with E-state index >= 15 is 0 Å². The van der Waals surface area contributed by atoms with E-state index in [-0.39, 0.29) is 0 Å². The zero-order valence-corrected chi connectivity index (χ0v) is 20.3. The molecule has 0 spiro atoms. The standard InChI is InChI=1S/C26H48OSi/c1-4-7-9-11-13-14-16-21-25-28(6-3,24-20-15-12-10-8-5-2)27-26-22-18-17-19-23-26/h17-19,22-23H,4-16,20-21,24-25H2,1-3H3. The maximum Gasteiger partial charge on any atom is 0.251 e. The summed E-state index contributed by atoms with van der Waals surface area (Å²) < 4.78 is 6.78. The summed E-state index contributed by atoms with van der Waals surface area (Å²) in [5.41, 5.74) is 0. The average Bonchev–Trinajstić information content (AvgIpc) is 2.73. The smallest absolute Gasteiger partial charge is 0.251 e. The van der Waals surface area contributed by atoms with E-state index in [0.717, 1.165) is 5.75 Å². The third kappa shape index (κ3) is 11.9. The third-order valence-corrected chi connectivity index (χ3v) is 10.7. The second kappa shape index (κ2) is 17.1. The zero-order chi connectivity index (χ0) is 20.3. The predicted octanol–water partition coefficient (Wildman–Crippen LogP) is 9.53. The van der Waals surface area contributed by atoms with E-state index in [0.29, 0.717) is 0 Å². The van der Waals surface area contributed by atoms with Crippen LogP contribution in [0.5, 0.6) is 5.75 Å². The van der Waals surface area contributed by atoms with Crippen LogP contribution in [0, 0.1) is 0 Å². The molecule has 28 heavy (non-hydrogen) atoms. The van der Waals surface area contributed by atoms with Gasteiger partial charge in [0, 0.05) is 0 Å². The van der Waals surface area contributed by atoms with E-state index in [1.807, 2.05) is 0 Å². The van der Waals surface area contributed by atoms with Crippen molar-refractivity contribution in [3.8, 4) is 5.75 Å². The molecule has 0 aliphatic rings. The fraction of sp³-hybridized carbons (Fsp3) is 0.769. The highest BCUT2D eigenvalue weighted by Gasteiger charge is 2.33. The monoisotopic (exact) mass is 404 g/mol. The summed E-state index contributed by atoms with van der Waals surface area (Å²) in [4.78, 5) is 0. The molecule has 0 N–H and O–H groups in total. The van der Waals surface area contributed by atoms with Crippen LogP contribution in [0.1, 0.15) is 111 Å². The molecule has 1 aromatic rings. The molecule has 1 aromatic carbocycles. The van der Waals surface area contributed by atoms with Crippen molar-refractivity contribution >= 4 is 8.32 Å². The predicted molar refractivity (Wildman–Crippen MR) is 129 cm³/mol. The summed E-state index contributed by atoms with van der Waals surface area (Å²) >= 11 is 0. The van der Waals surface area contributed by atoms with E-state index in [1.165, 1.54) is 108 Å². The molecule has 0 fully saturated rings. The van der Waals surface area contributed by atoms with E-state index in [2.05, 4.69) is 51.1 Å². The SMILES string of the molecule is CCCCCCCCCC[Si](CC)(CCCCCCCC)Oc1ccccc1. The molecule has 2 heteroatoms. The molecule has 0 radical (unpaired) electrons. The Morgan fingerprint density at radius 3 is 1.43 bits per heavy atom. The van der Waals surface area contributed by atoms with E-state index < -0.39 is 8.32 Å². The van der Waals surface area contributed by atoms with Gasteiger partial charge in [0.15, 0.2) is 0 Å². The van der Waals surface area contributed by atoms with E-state index in [9.17, 15) is 0 Å². The minimum absolute atomic E-state index is 1.11. The zero-order valence-electron chi connectivity index (χ0n) is 19.3. The van der Waals surface area contributed by atoms with Gasteiger partial charge in [-0.15, -0.1) is 0 Å². The maximum absolute atomic E-state index is 6.78. The molecule has 1 rings (SSSR count). The van der Waals surface area contributed by atoms with Gasteiger partial charge in [-0.05, 0) is 30.3 Å². The van der Waals surface area contributed by atoms with Gasteiger partial charge in [-0.2, -0.15) is 0 Å². The molecule has 1 unspecified atom stereocenters. The second-order valence-corrected chi connectivity index (χ2v) is 13.0. The first-order valence-electron chi connectivity index (χ1n) is 12.5. The lowest BCUT2D eigenvalue weighted by molar-refractivity contribution is 0.507. The first kappa shape index (κ1) is 25.3. The largest absolute Gasteiger partial charge is 0.543 e. The summed E-state index contributed by atoms with van der Waals surface area (Å²) in [5.74, 6) is 1.11. The third-order valence-electron chi connectivity index (χ3n) is 6.19. The fourth-order valence-electron chi connectivity index (χ4n) is 4.20. The molecule has 1 nitrogen and oxygen atoms in total. The molecule has 0 amide bonds. The Morgan fingerprint density at radius 2 is 1.00 bits per heavy atom. The Hall–Kier alpha value is -0.763. The highest BCUT2D eigenvalue weighted by atomic mass is 28.4. The van der Waals surface area contributed by atoms with E-state index in [1.54, 1.807) is 0 Å². The molecule has 0 heterocycles. The lowest BCUT2D eigenvalue weighted by Crippen LogP contribution is -2.40. The number of hydrogen-bond donors (Lipinski definition) is 0. The van der Waals surface area contributed by atoms with Gasteiger partial charge in [0.1, 0.15) is 5.75 Å². The van der Waals surface area contributed by atoms with Crippen LogP contribution in [0.2, 0.25) is 18.1 Å². The van der Waals surface area contributed by atoms with Crippen molar-refractivity contribution in [1.82, 2.24) is 0 Å². The van der Waals surface area contributed by atoms with Crippen molar-refractivity contribution < 1.29 is 4.43 Å². The van der Waals surface area contributed by atoms with Gasteiger partial charge in [0.2, 0.25) is 0 Å². The Morgan fingerprint density at radius 1 is 0.571 bits per heavy atom. The van der Waals surface area contributed by atoms with Gasteiger partial charge in [-0.25, -0.2) is 0 Å². The van der Waals surface area contributed by atoms with Gasteiger partial charge in [0.05, 0.1) is 0 Å². The second-order valence-electron chi connectivity index (χ2n) is 8.69. The molecular weight excluding hydrogens is 356 g/mol. The van der Waals surface area contributed by atoms with Crippen LogP contribution in [-0.4, -0.2) is 8.32 Å². The minimum atomic E-state index is -1.66. The van der Waals surface area contributed by atoms with Crippen LogP contribution < -0.4 is 4.43 Å². The van der Waals surface area contributed by atoms with Crippen molar-refractivity contribution in [1.29, 1.82) is 0 Å². The quantitative estimate of drug-likeness (QED) is 0.165.